The first-order valence-corrected chi connectivity index (χ1v) is 7.29. The van der Waals surface area contributed by atoms with Crippen molar-refractivity contribution in [3.05, 3.63) is 40.3 Å². The molecule has 0 unspecified atom stereocenters. The molecule has 0 bridgehead atoms. The number of H-pyrrole nitrogens is 1. The average molecular weight is 311 g/mol. The molecule has 118 valence electrons. The second-order valence-corrected chi connectivity index (χ2v) is 6.26. The summed E-state index contributed by atoms with van der Waals surface area (Å²) in [5.41, 5.74) is 3.12. The summed E-state index contributed by atoms with van der Waals surface area (Å²) in [4.78, 5) is 19.0. The van der Waals surface area contributed by atoms with E-state index in [0.717, 1.165) is 5.56 Å². The molecule has 0 radical (unpaired) electrons. The van der Waals surface area contributed by atoms with Gasteiger partial charge in [0.15, 0.2) is 5.69 Å². The van der Waals surface area contributed by atoms with Crippen LogP contribution in [0.2, 0.25) is 0 Å². The molecule has 1 aliphatic rings. The number of imidazole rings is 1. The van der Waals surface area contributed by atoms with Crippen LogP contribution in [0.25, 0.3) is 11.3 Å². The molecule has 3 rings (SSSR count). The molecule has 1 aromatic heterocycles. The van der Waals surface area contributed by atoms with Gasteiger partial charge in [-0.05, 0) is 38.0 Å². The highest BCUT2D eigenvalue weighted by Crippen LogP contribution is 2.34. The minimum atomic E-state index is -0.985. The third kappa shape index (κ3) is 2.39. The number of ether oxygens (including phenoxy) is 1. The Morgan fingerprint density at radius 1 is 1.39 bits per heavy atom. The normalized spacial score (nSPS) is 15.7. The number of hydrogen-bond acceptors (Lipinski definition) is 4. The summed E-state index contributed by atoms with van der Waals surface area (Å²) in [6, 6.07) is 5.51. The Morgan fingerprint density at radius 2 is 2.09 bits per heavy atom. The predicted molar refractivity (Wildman–Crippen MR) is 83.3 cm³/mol. The van der Waals surface area contributed by atoms with Crippen LogP contribution in [0.5, 0.6) is 0 Å². The first-order chi connectivity index (χ1) is 10.9. The Morgan fingerprint density at radius 3 is 2.61 bits per heavy atom. The Balaban J connectivity index is 2.17. The van der Waals surface area contributed by atoms with Gasteiger partial charge in [-0.15, -0.1) is 0 Å². The number of nitrogens with zero attached hydrogens (tertiary/aromatic N) is 2. The van der Waals surface area contributed by atoms with E-state index in [1.165, 1.54) is 0 Å². The highest BCUT2D eigenvalue weighted by molar-refractivity contribution is 5.91. The lowest BCUT2D eigenvalue weighted by Gasteiger charge is -2.36. The van der Waals surface area contributed by atoms with Gasteiger partial charge in [0.25, 0.3) is 0 Å². The number of hydrogen-bond donors (Lipinski definition) is 2. The van der Waals surface area contributed by atoms with Crippen molar-refractivity contribution in [2.24, 2.45) is 0 Å². The molecule has 0 atom stereocenters. The first kappa shape index (κ1) is 15.3. The molecule has 23 heavy (non-hydrogen) atoms. The highest BCUT2D eigenvalue weighted by atomic mass is 16.5. The quantitative estimate of drug-likeness (QED) is 0.907. The number of nitriles is 1. The molecule has 6 nitrogen and oxygen atoms in total. The first-order valence-electron chi connectivity index (χ1n) is 7.29. The SMILES string of the molecule is Cc1cc(C)c(-c2[nH]c(C3(C)COC3)nc2C#N)cc1C(=O)O. The number of aromatic amines is 1. The Labute approximate surface area is 133 Å². The van der Waals surface area contributed by atoms with Gasteiger partial charge in [-0.25, -0.2) is 9.78 Å². The van der Waals surface area contributed by atoms with Crippen LogP contribution in [0.15, 0.2) is 12.1 Å². The van der Waals surface area contributed by atoms with Gasteiger partial charge in [0.1, 0.15) is 11.9 Å². The standard InChI is InChI=1S/C17H17N3O3/c1-9-4-10(2)12(15(21)22)5-11(9)14-13(6-18)19-16(20-14)17(3)7-23-8-17/h4-5H,7-8H2,1-3H3,(H,19,20)(H,21,22). The maximum absolute atomic E-state index is 11.4. The van der Waals surface area contributed by atoms with Crippen molar-refractivity contribution >= 4 is 5.97 Å². The number of aryl methyl sites for hydroxylation is 2. The number of carbonyl (C=O) groups is 1. The molecule has 2 N–H and O–H groups in total. The van der Waals surface area contributed by atoms with E-state index in [-0.39, 0.29) is 16.7 Å². The molecule has 2 aromatic rings. The van der Waals surface area contributed by atoms with Crippen molar-refractivity contribution < 1.29 is 14.6 Å². The van der Waals surface area contributed by atoms with Gasteiger partial charge in [-0.1, -0.05) is 6.07 Å². The van der Waals surface area contributed by atoms with Gasteiger partial charge in [0.05, 0.1) is 29.9 Å². The summed E-state index contributed by atoms with van der Waals surface area (Å²) < 4.78 is 5.25. The zero-order valence-corrected chi connectivity index (χ0v) is 13.2. The van der Waals surface area contributed by atoms with E-state index in [0.29, 0.717) is 35.9 Å². The van der Waals surface area contributed by atoms with Crippen molar-refractivity contribution in [2.75, 3.05) is 13.2 Å². The molecular weight excluding hydrogens is 294 g/mol. The van der Waals surface area contributed by atoms with Gasteiger partial charge >= 0.3 is 5.97 Å². The zero-order valence-electron chi connectivity index (χ0n) is 13.2. The van der Waals surface area contributed by atoms with Gasteiger partial charge < -0.3 is 14.8 Å². The molecule has 1 saturated heterocycles. The fraction of sp³-hybridized carbons (Fsp3) is 0.353. The molecule has 1 aromatic carbocycles. The van der Waals surface area contributed by atoms with Gasteiger partial charge in [-0.3, -0.25) is 0 Å². The van der Waals surface area contributed by atoms with E-state index >= 15 is 0 Å². The maximum Gasteiger partial charge on any atom is 0.335 e. The lowest BCUT2D eigenvalue weighted by Crippen LogP contribution is -2.44. The molecule has 6 heteroatoms. The minimum absolute atomic E-state index is 0.224. The monoisotopic (exact) mass is 311 g/mol. The molecule has 1 fully saturated rings. The van der Waals surface area contributed by atoms with Crippen LogP contribution >= 0.6 is 0 Å². The number of aromatic carboxylic acids is 1. The second-order valence-electron chi connectivity index (χ2n) is 6.26. The van der Waals surface area contributed by atoms with Crippen molar-refractivity contribution in [3.8, 4) is 17.3 Å². The fourth-order valence-electron chi connectivity index (χ4n) is 2.83. The number of carboxylic acids is 1. The maximum atomic E-state index is 11.4. The van der Waals surface area contributed by atoms with Crippen LogP contribution in [-0.4, -0.2) is 34.3 Å². The average Bonchev–Trinajstić information content (AvgIpc) is 2.88. The molecule has 0 aliphatic carbocycles. The summed E-state index contributed by atoms with van der Waals surface area (Å²) in [5, 5.41) is 18.7. The van der Waals surface area contributed by atoms with Crippen molar-refractivity contribution in [3.63, 3.8) is 0 Å². The van der Waals surface area contributed by atoms with Crippen LogP contribution in [-0.2, 0) is 10.2 Å². The number of benzene rings is 1. The zero-order chi connectivity index (χ0) is 16.8. The largest absolute Gasteiger partial charge is 0.478 e. The lowest BCUT2D eigenvalue weighted by atomic mass is 9.88. The molecule has 0 spiro atoms. The third-order valence-electron chi connectivity index (χ3n) is 4.29. The summed E-state index contributed by atoms with van der Waals surface area (Å²) >= 11 is 0. The van der Waals surface area contributed by atoms with Gasteiger partial charge in [-0.2, -0.15) is 5.26 Å². The summed E-state index contributed by atoms with van der Waals surface area (Å²) in [6.07, 6.45) is 0. The lowest BCUT2D eigenvalue weighted by molar-refractivity contribution is -0.0539. The van der Waals surface area contributed by atoms with Crippen LogP contribution in [0.3, 0.4) is 0 Å². The molecular formula is C17H17N3O3. The number of aromatic nitrogens is 2. The fourth-order valence-corrected chi connectivity index (χ4v) is 2.83. The summed E-state index contributed by atoms with van der Waals surface area (Å²) in [5.74, 6) is -0.284. The summed E-state index contributed by atoms with van der Waals surface area (Å²) in [7, 11) is 0. The highest BCUT2D eigenvalue weighted by Gasteiger charge is 2.39. The second kappa shape index (κ2) is 5.21. The molecule has 0 saturated carbocycles. The van der Waals surface area contributed by atoms with E-state index in [4.69, 9.17) is 4.74 Å². The molecule has 1 aliphatic heterocycles. The smallest absolute Gasteiger partial charge is 0.335 e. The Kier molecular flexibility index (Phi) is 3.46. The van der Waals surface area contributed by atoms with Crippen molar-refractivity contribution in [1.29, 1.82) is 5.26 Å². The van der Waals surface area contributed by atoms with Crippen LogP contribution in [0.1, 0.15) is 39.9 Å². The van der Waals surface area contributed by atoms with Gasteiger partial charge in [0.2, 0.25) is 0 Å². The Bertz CT molecular complexity index is 841. The van der Waals surface area contributed by atoms with Crippen molar-refractivity contribution in [2.45, 2.75) is 26.2 Å². The van der Waals surface area contributed by atoms with Crippen molar-refractivity contribution in [1.82, 2.24) is 9.97 Å². The number of carboxylic acid groups (broad SMARTS) is 1. The van der Waals surface area contributed by atoms with E-state index in [9.17, 15) is 15.2 Å². The molecule has 0 amide bonds. The van der Waals surface area contributed by atoms with Crippen LogP contribution in [0, 0.1) is 25.2 Å². The molecule has 2 heterocycles. The van der Waals surface area contributed by atoms with E-state index in [1.54, 1.807) is 13.0 Å². The van der Waals surface area contributed by atoms with Crippen LogP contribution < -0.4 is 0 Å². The third-order valence-corrected chi connectivity index (χ3v) is 4.29. The predicted octanol–water partition coefficient (Wildman–Crippen LogP) is 2.55. The topological polar surface area (TPSA) is 99.0 Å². The van der Waals surface area contributed by atoms with E-state index in [2.05, 4.69) is 16.0 Å². The number of nitrogens with one attached hydrogen (secondary N) is 1. The summed E-state index contributed by atoms with van der Waals surface area (Å²) in [6.45, 7) is 6.78. The van der Waals surface area contributed by atoms with E-state index < -0.39 is 5.97 Å². The van der Waals surface area contributed by atoms with Gasteiger partial charge in [0, 0.05) is 5.56 Å². The van der Waals surface area contributed by atoms with Crippen LogP contribution in [0.4, 0.5) is 0 Å². The number of rotatable bonds is 3. The Hall–Kier alpha value is -2.65. The van der Waals surface area contributed by atoms with E-state index in [1.807, 2.05) is 19.9 Å². The minimum Gasteiger partial charge on any atom is -0.478 e.